The molecule has 0 bridgehead atoms. The number of amides is 2. The molecular formula is C23H46N4O2. The van der Waals surface area contributed by atoms with Gasteiger partial charge in [-0.25, -0.2) is 0 Å². The molecule has 0 aromatic heterocycles. The van der Waals surface area contributed by atoms with Gasteiger partial charge in [-0.2, -0.15) is 0 Å². The molecule has 1 aliphatic rings. The summed E-state index contributed by atoms with van der Waals surface area (Å²) in [4.78, 5) is 26.5. The highest BCUT2D eigenvalue weighted by Crippen LogP contribution is 2.10. The van der Waals surface area contributed by atoms with Crippen molar-refractivity contribution in [3.05, 3.63) is 0 Å². The fourth-order valence-electron chi connectivity index (χ4n) is 3.80. The Morgan fingerprint density at radius 3 is 2.10 bits per heavy atom. The van der Waals surface area contributed by atoms with Gasteiger partial charge in [-0.05, 0) is 64.6 Å². The van der Waals surface area contributed by atoms with Gasteiger partial charge in [-0.3, -0.25) is 9.59 Å². The molecule has 1 saturated heterocycles. The lowest BCUT2D eigenvalue weighted by Crippen LogP contribution is -2.34. The second-order valence-electron chi connectivity index (χ2n) is 8.37. The van der Waals surface area contributed by atoms with Gasteiger partial charge >= 0.3 is 0 Å². The van der Waals surface area contributed by atoms with E-state index >= 15 is 0 Å². The van der Waals surface area contributed by atoms with Crippen molar-refractivity contribution in [3.8, 4) is 0 Å². The van der Waals surface area contributed by atoms with Crippen molar-refractivity contribution in [1.82, 2.24) is 15.5 Å². The van der Waals surface area contributed by atoms with E-state index in [-0.39, 0.29) is 5.91 Å². The van der Waals surface area contributed by atoms with Crippen LogP contribution in [-0.4, -0.2) is 56.0 Å². The third-order valence-electron chi connectivity index (χ3n) is 5.66. The fraction of sp³-hybridized carbons (Fsp3) is 0.913. The average Bonchev–Trinajstić information content (AvgIpc) is 2.71. The third-order valence-corrected chi connectivity index (χ3v) is 5.66. The van der Waals surface area contributed by atoms with Gasteiger partial charge in [-0.1, -0.05) is 38.5 Å². The minimum atomic E-state index is 0.194. The largest absolute Gasteiger partial charge is 0.356 e. The molecule has 0 aliphatic carbocycles. The fourth-order valence-corrected chi connectivity index (χ4v) is 3.80. The van der Waals surface area contributed by atoms with E-state index in [4.69, 9.17) is 5.73 Å². The second-order valence-corrected chi connectivity index (χ2v) is 8.37. The molecule has 0 unspecified atom stereocenters. The van der Waals surface area contributed by atoms with E-state index in [9.17, 15) is 9.59 Å². The van der Waals surface area contributed by atoms with Crippen LogP contribution in [0.5, 0.6) is 0 Å². The average molecular weight is 411 g/mol. The van der Waals surface area contributed by atoms with Gasteiger partial charge in [0.15, 0.2) is 0 Å². The summed E-state index contributed by atoms with van der Waals surface area (Å²) in [5.74, 6) is 0.489. The summed E-state index contributed by atoms with van der Waals surface area (Å²) in [5, 5.41) is 6.56. The van der Waals surface area contributed by atoms with Crippen LogP contribution in [0, 0.1) is 0 Å². The Kier molecular flexibility index (Phi) is 16.8. The van der Waals surface area contributed by atoms with Crippen LogP contribution in [0.25, 0.3) is 0 Å². The maximum atomic E-state index is 12.6. The van der Waals surface area contributed by atoms with E-state index in [1.807, 2.05) is 4.90 Å². The number of nitrogens with one attached hydrogen (secondary N) is 2. The number of hydrogen-bond donors (Lipinski definition) is 3. The summed E-state index contributed by atoms with van der Waals surface area (Å²) >= 11 is 0. The SMILES string of the molecule is NCCCCN1CCCNCCCCCCCNC(=O)CCCCCCCC1=O. The normalized spacial score (nSPS) is 21.1. The van der Waals surface area contributed by atoms with Gasteiger partial charge in [0.2, 0.25) is 11.8 Å². The van der Waals surface area contributed by atoms with Crippen molar-refractivity contribution in [3.63, 3.8) is 0 Å². The Balaban J connectivity index is 2.37. The maximum Gasteiger partial charge on any atom is 0.222 e. The predicted octanol–water partition coefficient (Wildman–Crippen LogP) is 3.34. The lowest BCUT2D eigenvalue weighted by molar-refractivity contribution is -0.131. The Morgan fingerprint density at radius 2 is 1.34 bits per heavy atom. The first-order chi connectivity index (χ1) is 14.2. The quantitative estimate of drug-likeness (QED) is 0.620. The molecule has 1 fully saturated rings. The topological polar surface area (TPSA) is 87.5 Å². The molecular weight excluding hydrogens is 364 g/mol. The predicted molar refractivity (Wildman–Crippen MR) is 121 cm³/mol. The number of carbonyl (C=O) groups excluding carboxylic acids is 2. The van der Waals surface area contributed by atoms with Gasteiger partial charge in [0, 0.05) is 32.5 Å². The lowest BCUT2D eigenvalue weighted by atomic mass is 10.1. The molecule has 0 radical (unpaired) electrons. The molecule has 0 aromatic carbocycles. The summed E-state index contributed by atoms with van der Waals surface area (Å²) < 4.78 is 0. The summed E-state index contributed by atoms with van der Waals surface area (Å²) in [6, 6.07) is 0. The van der Waals surface area contributed by atoms with Crippen molar-refractivity contribution >= 4 is 11.8 Å². The van der Waals surface area contributed by atoms with Gasteiger partial charge in [-0.15, -0.1) is 0 Å². The molecule has 0 spiro atoms. The minimum Gasteiger partial charge on any atom is -0.356 e. The van der Waals surface area contributed by atoms with Crippen LogP contribution in [0.2, 0.25) is 0 Å². The standard InChI is InChI=1S/C23H46N4O2/c24-16-9-12-20-27-21-13-18-25-17-10-5-2-6-11-19-26-22(28)14-7-3-1-4-8-15-23(27)29/h25H,1-21,24H2,(H,26,28). The van der Waals surface area contributed by atoms with Crippen molar-refractivity contribution in [2.75, 3.05) is 39.3 Å². The van der Waals surface area contributed by atoms with Crippen LogP contribution >= 0.6 is 0 Å². The Hall–Kier alpha value is -1.14. The molecule has 1 rings (SSSR count). The third kappa shape index (κ3) is 15.4. The number of carbonyl (C=O) groups is 2. The summed E-state index contributed by atoms with van der Waals surface area (Å²) in [7, 11) is 0. The van der Waals surface area contributed by atoms with E-state index in [0.29, 0.717) is 25.3 Å². The van der Waals surface area contributed by atoms with Gasteiger partial charge in [0.25, 0.3) is 0 Å². The molecule has 0 atom stereocenters. The molecule has 1 heterocycles. The van der Waals surface area contributed by atoms with E-state index in [1.54, 1.807) is 0 Å². The molecule has 2 amide bonds. The molecule has 1 aliphatic heterocycles. The van der Waals surface area contributed by atoms with Crippen molar-refractivity contribution < 1.29 is 9.59 Å². The summed E-state index contributed by atoms with van der Waals surface area (Å²) in [5.41, 5.74) is 5.61. The van der Waals surface area contributed by atoms with Crippen LogP contribution in [0.1, 0.15) is 96.3 Å². The first-order valence-corrected chi connectivity index (χ1v) is 12.2. The van der Waals surface area contributed by atoms with Crippen LogP contribution in [0.3, 0.4) is 0 Å². The highest BCUT2D eigenvalue weighted by atomic mass is 16.2. The van der Waals surface area contributed by atoms with E-state index in [1.165, 1.54) is 25.7 Å². The molecule has 4 N–H and O–H groups in total. The second kappa shape index (κ2) is 18.9. The number of hydrogen-bond acceptors (Lipinski definition) is 4. The smallest absolute Gasteiger partial charge is 0.222 e. The van der Waals surface area contributed by atoms with E-state index < -0.39 is 0 Å². The van der Waals surface area contributed by atoms with Crippen molar-refractivity contribution in [2.24, 2.45) is 5.73 Å². The molecule has 0 aromatic rings. The number of nitrogens with zero attached hydrogens (tertiary/aromatic N) is 1. The van der Waals surface area contributed by atoms with Crippen LogP contribution in [0.4, 0.5) is 0 Å². The van der Waals surface area contributed by atoms with Crippen molar-refractivity contribution in [1.29, 1.82) is 0 Å². The van der Waals surface area contributed by atoms with Crippen LogP contribution < -0.4 is 16.4 Å². The van der Waals surface area contributed by atoms with Crippen LogP contribution in [0.15, 0.2) is 0 Å². The highest BCUT2D eigenvalue weighted by molar-refractivity contribution is 5.76. The number of rotatable bonds is 4. The van der Waals surface area contributed by atoms with Gasteiger partial charge in [0.05, 0.1) is 0 Å². The Labute approximate surface area is 178 Å². The summed E-state index contributed by atoms with van der Waals surface area (Å²) in [6.07, 6.45) is 15.4. The molecule has 6 heteroatoms. The molecule has 0 saturated carbocycles. The summed E-state index contributed by atoms with van der Waals surface area (Å²) in [6.45, 7) is 5.24. The zero-order valence-electron chi connectivity index (χ0n) is 18.7. The molecule has 6 nitrogen and oxygen atoms in total. The first-order valence-electron chi connectivity index (χ1n) is 12.2. The number of unbranched alkanes of at least 4 members (excludes halogenated alkanes) is 1. The van der Waals surface area contributed by atoms with Crippen molar-refractivity contribution in [2.45, 2.75) is 96.3 Å². The Bertz CT molecular complexity index is 418. The lowest BCUT2D eigenvalue weighted by Gasteiger charge is -2.23. The number of nitrogens with two attached hydrogens (primary N) is 1. The van der Waals surface area contributed by atoms with Gasteiger partial charge < -0.3 is 21.3 Å². The highest BCUT2D eigenvalue weighted by Gasteiger charge is 2.12. The zero-order valence-corrected chi connectivity index (χ0v) is 18.7. The minimum absolute atomic E-state index is 0.194. The van der Waals surface area contributed by atoms with Gasteiger partial charge in [0.1, 0.15) is 0 Å². The molecule has 170 valence electrons. The maximum absolute atomic E-state index is 12.6. The van der Waals surface area contributed by atoms with E-state index in [2.05, 4.69) is 10.6 Å². The zero-order chi connectivity index (χ0) is 21.0. The van der Waals surface area contributed by atoms with E-state index in [0.717, 1.165) is 90.5 Å². The first kappa shape index (κ1) is 25.9. The van der Waals surface area contributed by atoms with Crippen LogP contribution in [-0.2, 0) is 9.59 Å². The monoisotopic (exact) mass is 410 g/mol. The molecule has 29 heavy (non-hydrogen) atoms. The Morgan fingerprint density at radius 1 is 0.724 bits per heavy atom.